The van der Waals surface area contributed by atoms with Crippen LogP contribution in [0, 0.1) is 0 Å². The number of hydrogen-bond acceptors (Lipinski definition) is 3. The third kappa shape index (κ3) is 4.63. The number of para-hydroxylation sites is 1. The lowest BCUT2D eigenvalue weighted by molar-refractivity contribution is -0.124. The van der Waals surface area contributed by atoms with Gasteiger partial charge >= 0.3 is 0 Å². The van der Waals surface area contributed by atoms with Crippen LogP contribution in [0.1, 0.15) is 13.3 Å². The highest BCUT2D eigenvalue weighted by Crippen LogP contribution is 2.24. The minimum Gasteiger partial charge on any atom is -0.487 e. The van der Waals surface area contributed by atoms with Gasteiger partial charge in [-0.1, -0.05) is 30.7 Å². The van der Waals surface area contributed by atoms with Gasteiger partial charge in [-0.2, -0.15) is 0 Å². The van der Waals surface area contributed by atoms with E-state index in [1.807, 2.05) is 19.1 Å². The molecule has 5 heteroatoms. The normalized spacial score (nSPS) is 11.9. The molecular formula is C12H16ClNO3. The molecule has 0 saturated heterocycles. The molecule has 17 heavy (non-hydrogen) atoms. The lowest BCUT2D eigenvalue weighted by atomic mass is 10.2. The molecule has 0 bridgehead atoms. The summed E-state index contributed by atoms with van der Waals surface area (Å²) in [4.78, 5) is 10.9. The summed E-state index contributed by atoms with van der Waals surface area (Å²) in [6.45, 7) is 1.79. The molecular weight excluding hydrogens is 242 g/mol. The number of carbonyl (C=O) groups excluding carboxylic acids is 1. The smallest absolute Gasteiger partial charge is 0.245 e. The van der Waals surface area contributed by atoms with E-state index in [9.17, 15) is 4.79 Å². The Morgan fingerprint density at radius 1 is 1.53 bits per heavy atom. The van der Waals surface area contributed by atoms with Gasteiger partial charge in [0.15, 0.2) is 0 Å². The predicted molar refractivity (Wildman–Crippen MR) is 66.3 cm³/mol. The summed E-state index contributed by atoms with van der Waals surface area (Å²) >= 11 is 5.96. The lowest BCUT2D eigenvalue weighted by Gasteiger charge is -2.18. The molecule has 4 nitrogen and oxygen atoms in total. The Morgan fingerprint density at radius 2 is 2.24 bits per heavy atom. The number of amides is 1. The molecule has 0 fully saturated rings. The van der Waals surface area contributed by atoms with Crippen molar-refractivity contribution in [3.05, 3.63) is 29.3 Å². The summed E-state index contributed by atoms with van der Waals surface area (Å²) in [6.07, 6.45) is 0.571. The van der Waals surface area contributed by atoms with E-state index in [2.05, 4.69) is 5.32 Å². The zero-order valence-corrected chi connectivity index (χ0v) is 10.4. The molecule has 0 spiro atoms. The van der Waals surface area contributed by atoms with E-state index in [0.717, 1.165) is 6.42 Å². The molecule has 1 amide bonds. The second kappa shape index (κ2) is 7.14. The van der Waals surface area contributed by atoms with Crippen molar-refractivity contribution in [1.82, 2.24) is 5.32 Å². The Bertz CT molecular complexity index is 371. The number of ether oxygens (including phenoxy) is 1. The van der Waals surface area contributed by atoms with Crippen LogP contribution in [0.5, 0.6) is 5.75 Å². The minimum absolute atomic E-state index is 0.162. The Hall–Kier alpha value is -1.26. The van der Waals surface area contributed by atoms with E-state index >= 15 is 0 Å². The maximum absolute atomic E-state index is 10.9. The zero-order valence-electron chi connectivity index (χ0n) is 9.65. The van der Waals surface area contributed by atoms with E-state index in [1.54, 1.807) is 12.1 Å². The third-order valence-corrected chi connectivity index (χ3v) is 2.57. The largest absolute Gasteiger partial charge is 0.487 e. The van der Waals surface area contributed by atoms with Crippen molar-refractivity contribution < 1.29 is 14.6 Å². The number of carbonyl (C=O) groups is 1. The lowest BCUT2D eigenvalue weighted by Crippen LogP contribution is -2.36. The molecule has 2 N–H and O–H groups in total. The van der Waals surface area contributed by atoms with Crippen LogP contribution in [0.15, 0.2) is 24.3 Å². The van der Waals surface area contributed by atoms with Crippen LogP contribution in [0.2, 0.25) is 5.02 Å². The fourth-order valence-corrected chi connectivity index (χ4v) is 1.45. The fraction of sp³-hybridized carbons (Fsp3) is 0.417. The molecule has 1 aromatic carbocycles. The van der Waals surface area contributed by atoms with Crippen LogP contribution in [0.3, 0.4) is 0 Å². The number of aliphatic hydroxyl groups is 1. The van der Waals surface area contributed by atoms with Crippen LogP contribution in [0.25, 0.3) is 0 Å². The van der Waals surface area contributed by atoms with Gasteiger partial charge in [-0.3, -0.25) is 4.79 Å². The highest BCUT2D eigenvalue weighted by atomic mass is 35.5. The second-order valence-electron chi connectivity index (χ2n) is 3.54. The first-order chi connectivity index (χ1) is 8.17. The summed E-state index contributed by atoms with van der Waals surface area (Å²) in [5.74, 6) is 0.186. The first-order valence-corrected chi connectivity index (χ1v) is 5.84. The molecule has 0 saturated carbocycles. The maximum Gasteiger partial charge on any atom is 0.245 e. The van der Waals surface area contributed by atoms with Gasteiger partial charge in [0.1, 0.15) is 18.5 Å². The molecule has 94 valence electrons. The summed E-state index contributed by atoms with van der Waals surface area (Å²) in [5, 5.41) is 11.7. The number of hydrogen-bond donors (Lipinski definition) is 2. The first kappa shape index (κ1) is 13.8. The topological polar surface area (TPSA) is 58.6 Å². The SMILES string of the molecule is CCC(CNC(=O)CO)Oc1ccccc1Cl. The molecule has 1 aromatic rings. The third-order valence-electron chi connectivity index (χ3n) is 2.26. The van der Waals surface area contributed by atoms with E-state index in [0.29, 0.717) is 17.3 Å². The molecule has 1 unspecified atom stereocenters. The predicted octanol–water partition coefficient (Wildman–Crippen LogP) is 1.61. The van der Waals surface area contributed by atoms with Crippen LogP contribution in [0.4, 0.5) is 0 Å². The second-order valence-corrected chi connectivity index (χ2v) is 3.95. The minimum atomic E-state index is -0.511. The molecule has 0 aliphatic carbocycles. The average molecular weight is 258 g/mol. The van der Waals surface area contributed by atoms with Gasteiger partial charge < -0.3 is 15.2 Å². The van der Waals surface area contributed by atoms with Gasteiger partial charge in [0, 0.05) is 0 Å². The molecule has 0 aliphatic heterocycles. The van der Waals surface area contributed by atoms with Gasteiger partial charge in [-0.25, -0.2) is 0 Å². The number of nitrogens with one attached hydrogen (secondary N) is 1. The van der Waals surface area contributed by atoms with E-state index in [4.69, 9.17) is 21.4 Å². The van der Waals surface area contributed by atoms with Gasteiger partial charge in [-0.15, -0.1) is 0 Å². The quantitative estimate of drug-likeness (QED) is 0.814. The molecule has 0 heterocycles. The monoisotopic (exact) mass is 257 g/mol. The Labute approximate surface area is 106 Å². The zero-order chi connectivity index (χ0) is 12.7. The van der Waals surface area contributed by atoms with E-state index in [-0.39, 0.29) is 6.10 Å². The number of benzene rings is 1. The maximum atomic E-state index is 10.9. The van der Waals surface area contributed by atoms with Gasteiger partial charge in [0.2, 0.25) is 5.91 Å². The highest BCUT2D eigenvalue weighted by Gasteiger charge is 2.11. The standard InChI is InChI=1S/C12H16ClNO3/c1-2-9(7-14-12(16)8-15)17-11-6-4-3-5-10(11)13/h3-6,9,15H,2,7-8H2,1H3,(H,14,16). The average Bonchev–Trinajstić information content (AvgIpc) is 2.36. The van der Waals surface area contributed by atoms with Crippen molar-refractivity contribution in [3.63, 3.8) is 0 Å². The van der Waals surface area contributed by atoms with Crippen molar-refractivity contribution in [1.29, 1.82) is 0 Å². The molecule has 1 atom stereocenters. The number of aliphatic hydroxyl groups excluding tert-OH is 1. The van der Waals surface area contributed by atoms with Gasteiger partial charge in [0.05, 0.1) is 11.6 Å². The van der Waals surface area contributed by atoms with Crippen molar-refractivity contribution in [2.45, 2.75) is 19.4 Å². The number of halogens is 1. The van der Waals surface area contributed by atoms with Gasteiger partial charge in [-0.05, 0) is 18.6 Å². The molecule has 1 rings (SSSR count). The summed E-state index contributed by atoms with van der Waals surface area (Å²) in [6, 6.07) is 7.18. The molecule has 0 radical (unpaired) electrons. The van der Waals surface area contributed by atoms with Crippen LogP contribution in [-0.4, -0.2) is 30.3 Å². The number of rotatable bonds is 6. The van der Waals surface area contributed by atoms with E-state index in [1.165, 1.54) is 0 Å². The Morgan fingerprint density at radius 3 is 2.82 bits per heavy atom. The summed E-state index contributed by atoms with van der Waals surface area (Å²) in [7, 11) is 0. The molecule has 0 aromatic heterocycles. The Balaban J connectivity index is 2.52. The molecule has 0 aliphatic rings. The fourth-order valence-electron chi connectivity index (χ4n) is 1.27. The highest BCUT2D eigenvalue weighted by molar-refractivity contribution is 6.32. The summed E-state index contributed by atoms with van der Waals surface area (Å²) < 4.78 is 5.66. The van der Waals surface area contributed by atoms with Crippen molar-refractivity contribution in [2.75, 3.05) is 13.2 Å². The van der Waals surface area contributed by atoms with Crippen LogP contribution < -0.4 is 10.1 Å². The Kier molecular flexibility index (Phi) is 5.80. The van der Waals surface area contributed by atoms with Crippen molar-refractivity contribution >= 4 is 17.5 Å². The van der Waals surface area contributed by atoms with Crippen molar-refractivity contribution in [2.24, 2.45) is 0 Å². The van der Waals surface area contributed by atoms with Crippen LogP contribution in [-0.2, 0) is 4.79 Å². The summed E-state index contributed by atoms with van der Waals surface area (Å²) in [5.41, 5.74) is 0. The first-order valence-electron chi connectivity index (χ1n) is 5.46. The van der Waals surface area contributed by atoms with Crippen LogP contribution >= 0.6 is 11.6 Å². The van der Waals surface area contributed by atoms with Crippen molar-refractivity contribution in [3.8, 4) is 5.75 Å². The van der Waals surface area contributed by atoms with E-state index < -0.39 is 12.5 Å². The van der Waals surface area contributed by atoms with Gasteiger partial charge in [0.25, 0.3) is 0 Å².